The number of aliphatic hydroxyl groups excluding tert-OH is 4. The Morgan fingerprint density at radius 3 is 2.29 bits per heavy atom. The van der Waals surface area contributed by atoms with Crippen molar-refractivity contribution in [1.82, 2.24) is 5.32 Å². The van der Waals surface area contributed by atoms with Gasteiger partial charge in [-0.1, -0.05) is 48.5 Å². The summed E-state index contributed by atoms with van der Waals surface area (Å²) in [5, 5.41) is 42.8. The summed E-state index contributed by atoms with van der Waals surface area (Å²) in [7, 11) is 1.60. The summed E-state index contributed by atoms with van der Waals surface area (Å²) in [6.07, 6.45) is -5.99. The fourth-order valence-corrected chi connectivity index (χ4v) is 4.41. The number of aryl methyl sites for hydroxylation is 1. The summed E-state index contributed by atoms with van der Waals surface area (Å²) < 4.78 is 5.71. The van der Waals surface area contributed by atoms with Gasteiger partial charge in [-0.15, -0.1) is 0 Å². The van der Waals surface area contributed by atoms with Crippen LogP contribution in [0.15, 0.2) is 66.7 Å². The predicted octanol–water partition coefficient (Wildman–Crippen LogP) is 2.20. The van der Waals surface area contributed by atoms with Crippen molar-refractivity contribution in [3.63, 3.8) is 0 Å². The Bertz CT molecular complexity index is 1180. The lowest BCUT2D eigenvalue weighted by Crippen LogP contribution is -2.55. The van der Waals surface area contributed by atoms with E-state index in [-0.39, 0.29) is 5.91 Å². The van der Waals surface area contributed by atoms with Gasteiger partial charge in [0.2, 0.25) is 0 Å². The number of hydrogen-bond donors (Lipinski definition) is 5. The smallest absolute Gasteiger partial charge is 0.251 e. The lowest BCUT2D eigenvalue weighted by atomic mass is 9.89. The fourth-order valence-electron chi connectivity index (χ4n) is 4.41. The number of carbonyl (C=O) groups is 1. The zero-order valence-electron chi connectivity index (χ0n) is 19.1. The molecular formula is C27H29NO6. The molecule has 3 aromatic carbocycles. The van der Waals surface area contributed by atoms with Crippen LogP contribution in [-0.2, 0) is 4.74 Å². The van der Waals surface area contributed by atoms with Crippen LogP contribution >= 0.6 is 0 Å². The molecule has 5 N–H and O–H groups in total. The normalized spacial score (nSPS) is 24.6. The highest BCUT2D eigenvalue weighted by Gasteiger charge is 2.43. The molecule has 0 unspecified atom stereocenters. The second kappa shape index (κ2) is 10.0. The van der Waals surface area contributed by atoms with E-state index in [1.807, 2.05) is 55.5 Å². The molecule has 7 heteroatoms. The van der Waals surface area contributed by atoms with E-state index in [0.29, 0.717) is 11.1 Å². The minimum atomic E-state index is -1.42. The summed E-state index contributed by atoms with van der Waals surface area (Å²) in [4.78, 5) is 12.0. The number of rotatable bonds is 5. The lowest BCUT2D eigenvalue weighted by molar-refractivity contribution is -0.231. The average Bonchev–Trinajstić information content (AvgIpc) is 2.87. The highest BCUT2D eigenvalue weighted by molar-refractivity contribution is 5.95. The fraction of sp³-hybridized carbons (Fsp3) is 0.296. The van der Waals surface area contributed by atoms with Crippen LogP contribution in [0.4, 0.5) is 0 Å². The van der Waals surface area contributed by atoms with E-state index in [4.69, 9.17) is 4.74 Å². The Labute approximate surface area is 198 Å². The van der Waals surface area contributed by atoms with Crippen LogP contribution in [0.25, 0.3) is 22.3 Å². The van der Waals surface area contributed by atoms with Gasteiger partial charge in [-0.2, -0.15) is 0 Å². The first kappa shape index (κ1) is 24.1. The minimum Gasteiger partial charge on any atom is -0.394 e. The molecule has 34 heavy (non-hydrogen) atoms. The maximum atomic E-state index is 12.0. The monoisotopic (exact) mass is 463 g/mol. The second-order valence-corrected chi connectivity index (χ2v) is 8.56. The summed E-state index contributed by atoms with van der Waals surface area (Å²) >= 11 is 0. The topological polar surface area (TPSA) is 119 Å². The molecule has 3 aromatic rings. The van der Waals surface area contributed by atoms with Crippen molar-refractivity contribution in [1.29, 1.82) is 0 Å². The molecule has 1 saturated heterocycles. The molecule has 1 aliphatic heterocycles. The Hall–Kier alpha value is -3.07. The highest BCUT2D eigenvalue weighted by atomic mass is 16.5. The Balaban J connectivity index is 1.64. The van der Waals surface area contributed by atoms with E-state index < -0.39 is 37.1 Å². The van der Waals surface area contributed by atoms with Crippen LogP contribution in [0.2, 0.25) is 0 Å². The Morgan fingerprint density at radius 2 is 1.59 bits per heavy atom. The quantitative estimate of drug-likeness (QED) is 0.396. The van der Waals surface area contributed by atoms with Crippen LogP contribution in [0.3, 0.4) is 0 Å². The van der Waals surface area contributed by atoms with Gasteiger partial charge in [-0.25, -0.2) is 0 Å². The largest absolute Gasteiger partial charge is 0.394 e. The second-order valence-electron chi connectivity index (χ2n) is 8.56. The predicted molar refractivity (Wildman–Crippen MR) is 128 cm³/mol. The molecule has 0 saturated carbocycles. The van der Waals surface area contributed by atoms with Crippen molar-refractivity contribution in [3.8, 4) is 22.3 Å². The summed E-state index contributed by atoms with van der Waals surface area (Å²) in [6.45, 7) is 1.53. The van der Waals surface area contributed by atoms with Crippen LogP contribution < -0.4 is 5.32 Å². The molecule has 0 bridgehead atoms. The summed E-state index contributed by atoms with van der Waals surface area (Å²) in [6, 6.07) is 20.9. The zero-order chi connectivity index (χ0) is 24.4. The first-order valence-electron chi connectivity index (χ1n) is 11.2. The maximum Gasteiger partial charge on any atom is 0.251 e. The van der Waals surface area contributed by atoms with E-state index in [1.165, 1.54) is 0 Å². The van der Waals surface area contributed by atoms with Gasteiger partial charge in [0.15, 0.2) is 0 Å². The number of carbonyl (C=O) groups excluding carboxylic acids is 1. The molecule has 0 radical (unpaired) electrons. The summed E-state index contributed by atoms with van der Waals surface area (Å²) in [5.41, 5.74) is 6.05. The van der Waals surface area contributed by atoms with E-state index in [0.717, 1.165) is 27.8 Å². The van der Waals surface area contributed by atoms with Gasteiger partial charge in [-0.05, 0) is 58.5 Å². The molecule has 0 aromatic heterocycles. The van der Waals surface area contributed by atoms with Gasteiger partial charge in [0.25, 0.3) is 5.91 Å². The first-order valence-corrected chi connectivity index (χ1v) is 11.2. The maximum absolute atomic E-state index is 12.0. The van der Waals surface area contributed by atoms with E-state index in [9.17, 15) is 25.2 Å². The van der Waals surface area contributed by atoms with Gasteiger partial charge in [0.05, 0.1) is 6.61 Å². The molecular weight excluding hydrogens is 434 g/mol. The molecule has 1 aliphatic rings. The van der Waals surface area contributed by atoms with Crippen LogP contribution in [-0.4, -0.2) is 64.4 Å². The van der Waals surface area contributed by atoms with Gasteiger partial charge < -0.3 is 30.5 Å². The van der Waals surface area contributed by atoms with Gasteiger partial charge >= 0.3 is 0 Å². The van der Waals surface area contributed by atoms with Crippen molar-refractivity contribution in [3.05, 3.63) is 83.4 Å². The number of amides is 1. The number of aliphatic hydroxyl groups is 4. The van der Waals surface area contributed by atoms with Crippen molar-refractivity contribution >= 4 is 5.91 Å². The third-order valence-corrected chi connectivity index (χ3v) is 6.33. The molecule has 178 valence electrons. The van der Waals surface area contributed by atoms with Crippen LogP contribution in [0.1, 0.15) is 27.6 Å². The first-order chi connectivity index (χ1) is 16.3. The van der Waals surface area contributed by atoms with Gasteiger partial charge in [0.1, 0.15) is 30.5 Å². The summed E-state index contributed by atoms with van der Waals surface area (Å²) in [5.74, 6) is -0.139. The molecule has 1 heterocycles. The molecule has 4 rings (SSSR count). The molecule has 0 aliphatic carbocycles. The Morgan fingerprint density at radius 1 is 0.882 bits per heavy atom. The Kier molecular flexibility index (Phi) is 7.11. The molecule has 1 fully saturated rings. The van der Waals surface area contributed by atoms with Gasteiger partial charge in [0, 0.05) is 12.6 Å². The number of benzene rings is 3. The van der Waals surface area contributed by atoms with E-state index in [2.05, 4.69) is 11.4 Å². The average molecular weight is 464 g/mol. The number of hydrogen-bond acceptors (Lipinski definition) is 6. The van der Waals surface area contributed by atoms with Crippen molar-refractivity contribution in [2.75, 3.05) is 13.7 Å². The standard InChI is InChI=1S/C27H29NO6/c1-15-11-17(16-5-3-8-20(12-16)27(33)28-2)9-10-21(15)18-6-4-7-19(13-18)26-25(32)24(31)23(30)22(14-29)34-26/h3-13,22-26,29-32H,14H2,1-2H3,(H,28,33)/t22-,23-,24+,25+,26-/m1/s1. The SMILES string of the molecule is CNC(=O)c1cccc(-c2ccc(-c3cccc([C@H]4O[C@H](CO)[C@@H](O)[C@H](O)[C@@H]4O)c3)c(C)c2)c1. The van der Waals surface area contributed by atoms with Crippen LogP contribution in [0, 0.1) is 6.92 Å². The molecule has 5 atom stereocenters. The zero-order valence-corrected chi connectivity index (χ0v) is 19.1. The molecule has 0 spiro atoms. The van der Waals surface area contributed by atoms with E-state index >= 15 is 0 Å². The number of ether oxygens (including phenoxy) is 1. The highest BCUT2D eigenvalue weighted by Crippen LogP contribution is 2.35. The van der Waals surface area contributed by atoms with Crippen molar-refractivity contribution in [2.45, 2.75) is 37.4 Å². The van der Waals surface area contributed by atoms with Crippen molar-refractivity contribution < 1.29 is 30.0 Å². The third kappa shape index (κ3) is 4.61. The van der Waals surface area contributed by atoms with E-state index in [1.54, 1.807) is 19.2 Å². The van der Waals surface area contributed by atoms with Crippen LogP contribution in [0.5, 0.6) is 0 Å². The lowest BCUT2D eigenvalue weighted by Gasteiger charge is -2.40. The van der Waals surface area contributed by atoms with Gasteiger partial charge in [-0.3, -0.25) is 4.79 Å². The third-order valence-electron chi connectivity index (χ3n) is 6.33. The molecule has 7 nitrogen and oxygen atoms in total. The molecule has 1 amide bonds. The number of nitrogens with one attached hydrogen (secondary N) is 1. The minimum absolute atomic E-state index is 0.139. The van der Waals surface area contributed by atoms with Crippen molar-refractivity contribution in [2.24, 2.45) is 0 Å².